The molecule has 0 radical (unpaired) electrons. The summed E-state index contributed by atoms with van der Waals surface area (Å²) in [5, 5.41) is 8.57. The molecule has 2 aromatic heterocycles. The lowest BCUT2D eigenvalue weighted by molar-refractivity contribution is 0.101. The number of carbonyl (C=O) groups is 1. The van der Waals surface area contributed by atoms with Gasteiger partial charge in [0, 0.05) is 10.9 Å². The summed E-state index contributed by atoms with van der Waals surface area (Å²) >= 11 is 5.99. The van der Waals surface area contributed by atoms with Gasteiger partial charge < -0.3 is 4.42 Å². The van der Waals surface area contributed by atoms with Crippen LogP contribution in [0.4, 0.5) is 0 Å². The van der Waals surface area contributed by atoms with E-state index in [1.165, 1.54) is 12.4 Å². The molecule has 18 heavy (non-hydrogen) atoms. The first-order valence-electron chi connectivity index (χ1n) is 5.25. The van der Waals surface area contributed by atoms with Crippen molar-refractivity contribution in [3.63, 3.8) is 0 Å². The van der Waals surface area contributed by atoms with Crippen molar-refractivity contribution in [2.45, 2.75) is 0 Å². The summed E-state index contributed by atoms with van der Waals surface area (Å²) in [4.78, 5) is 12.1. The second-order valence-electron chi connectivity index (χ2n) is 3.73. The molecule has 0 aliphatic rings. The summed E-state index contributed by atoms with van der Waals surface area (Å²) in [5.41, 5.74) is 0.949. The highest BCUT2D eigenvalue weighted by Gasteiger charge is 2.15. The number of fused-ring (bicyclic) bond motifs is 1. The van der Waals surface area contributed by atoms with Crippen LogP contribution in [0.15, 0.2) is 47.1 Å². The summed E-state index contributed by atoms with van der Waals surface area (Å²) in [6.07, 6.45) is 2.86. The van der Waals surface area contributed by atoms with Crippen molar-refractivity contribution in [3.8, 4) is 0 Å². The lowest BCUT2D eigenvalue weighted by Crippen LogP contribution is -2.00. The van der Waals surface area contributed by atoms with Gasteiger partial charge in [0.15, 0.2) is 11.3 Å². The highest BCUT2D eigenvalue weighted by Crippen LogP contribution is 2.27. The summed E-state index contributed by atoms with van der Waals surface area (Å²) < 4.78 is 5.49. The maximum absolute atomic E-state index is 12.1. The lowest BCUT2D eigenvalue weighted by Gasteiger charge is -1.94. The second kappa shape index (κ2) is 4.23. The number of para-hydroxylation sites is 1. The lowest BCUT2D eigenvalue weighted by atomic mass is 10.1. The van der Waals surface area contributed by atoms with Gasteiger partial charge in [0.05, 0.1) is 17.4 Å². The first-order valence-corrected chi connectivity index (χ1v) is 5.63. The van der Waals surface area contributed by atoms with Gasteiger partial charge in [-0.3, -0.25) is 4.79 Å². The molecule has 5 heteroatoms. The third-order valence-electron chi connectivity index (χ3n) is 2.57. The van der Waals surface area contributed by atoms with Crippen LogP contribution >= 0.6 is 11.6 Å². The Morgan fingerprint density at radius 1 is 1.22 bits per heavy atom. The van der Waals surface area contributed by atoms with Crippen molar-refractivity contribution in [1.82, 2.24) is 10.2 Å². The van der Waals surface area contributed by atoms with E-state index in [0.29, 0.717) is 16.2 Å². The molecule has 0 atom stereocenters. The topological polar surface area (TPSA) is 56.0 Å². The SMILES string of the molecule is O=C(c1ccnnc1)c1cc2cccc(Cl)c2o1. The predicted molar refractivity (Wildman–Crippen MR) is 66.7 cm³/mol. The van der Waals surface area contributed by atoms with Crippen molar-refractivity contribution < 1.29 is 9.21 Å². The molecule has 0 N–H and O–H groups in total. The van der Waals surface area contributed by atoms with Gasteiger partial charge in [-0.05, 0) is 18.2 Å². The van der Waals surface area contributed by atoms with Gasteiger partial charge in [-0.15, -0.1) is 0 Å². The fraction of sp³-hybridized carbons (Fsp3) is 0. The van der Waals surface area contributed by atoms with Crippen molar-refractivity contribution >= 4 is 28.4 Å². The minimum atomic E-state index is -0.239. The molecular weight excluding hydrogens is 252 g/mol. The summed E-state index contributed by atoms with van der Waals surface area (Å²) in [6, 6.07) is 8.62. The fourth-order valence-corrected chi connectivity index (χ4v) is 1.93. The van der Waals surface area contributed by atoms with E-state index in [-0.39, 0.29) is 11.5 Å². The highest BCUT2D eigenvalue weighted by atomic mass is 35.5. The molecule has 3 rings (SSSR count). The Bertz CT molecular complexity index is 722. The van der Waals surface area contributed by atoms with Crippen LogP contribution in [0.3, 0.4) is 0 Å². The normalized spacial score (nSPS) is 10.7. The molecule has 4 nitrogen and oxygen atoms in total. The number of carbonyl (C=O) groups excluding carboxylic acids is 1. The number of hydrogen-bond donors (Lipinski definition) is 0. The number of furan rings is 1. The molecule has 0 amide bonds. The van der Waals surface area contributed by atoms with Crippen molar-refractivity contribution in [2.24, 2.45) is 0 Å². The number of halogens is 1. The van der Waals surface area contributed by atoms with Crippen LogP contribution in [0.5, 0.6) is 0 Å². The number of aromatic nitrogens is 2. The van der Waals surface area contributed by atoms with Crippen LogP contribution in [-0.2, 0) is 0 Å². The predicted octanol–water partition coefficient (Wildman–Crippen LogP) is 3.11. The third kappa shape index (κ3) is 1.76. The molecule has 1 aromatic carbocycles. The van der Waals surface area contributed by atoms with Gasteiger partial charge in [0.25, 0.3) is 0 Å². The molecule has 0 spiro atoms. The molecule has 0 aliphatic heterocycles. The quantitative estimate of drug-likeness (QED) is 0.663. The van der Waals surface area contributed by atoms with Crippen LogP contribution < -0.4 is 0 Å². The van der Waals surface area contributed by atoms with Crippen LogP contribution in [-0.4, -0.2) is 16.0 Å². The van der Waals surface area contributed by atoms with Gasteiger partial charge in [-0.2, -0.15) is 10.2 Å². The molecule has 88 valence electrons. The Kier molecular flexibility index (Phi) is 2.57. The van der Waals surface area contributed by atoms with E-state index in [4.69, 9.17) is 16.0 Å². The Hall–Kier alpha value is -2.20. The maximum atomic E-state index is 12.1. The smallest absolute Gasteiger partial charge is 0.229 e. The molecule has 3 aromatic rings. The van der Waals surface area contributed by atoms with Crippen molar-refractivity contribution in [2.75, 3.05) is 0 Å². The minimum Gasteiger partial charge on any atom is -0.451 e. The van der Waals surface area contributed by atoms with Crippen LogP contribution in [0.1, 0.15) is 16.1 Å². The first kappa shape index (κ1) is 10.9. The zero-order valence-electron chi connectivity index (χ0n) is 9.13. The minimum absolute atomic E-state index is 0.239. The molecule has 0 saturated heterocycles. The Morgan fingerprint density at radius 3 is 2.83 bits per heavy atom. The number of ketones is 1. The van der Waals surface area contributed by atoms with Crippen LogP contribution in [0.2, 0.25) is 5.02 Å². The van der Waals surface area contributed by atoms with Gasteiger partial charge in [-0.1, -0.05) is 23.7 Å². The molecule has 0 fully saturated rings. The van der Waals surface area contributed by atoms with Gasteiger partial charge in [-0.25, -0.2) is 0 Å². The highest BCUT2D eigenvalue weighted by molar-refractivity contribution is 6.35. The molecule has 0 bridgehead atoms. The van der Waals surface area contributed by atoms with Gasteiger partial charge >= 0.3 is 0 Å². The zero-order chi connectivity index (χ0) is 12.5. The van der Waals surface area contributed by atoms with Crippen molar-refractivity contribution in [3.05, 3.63) is 59.1 Å². The first-order chi connectivity index (χ1) is 8.75. The number of nitrogens with zero attached hydrogens (tertiary/aromatic N) is 2. The van der Waals surface area contributed by atoms with Crippen molar-refractivity contribution in [1.29, 1.82) is 0 Å². The zero-order valence-corrected chi connectivity index (χ0v) is 9.89. The maximum Gasteiger partial charge on any atom is 0.229 e. The summed E-state index contributed by atoms with van der Waals surface area (Å²) in [7, 11) is 0. The Balaban J connectivity index is 2.10. The monoisotopic (exact) mass is 258 g/mol. The summed E-state index contributed by atoms with van der Waals surface area (Å²) in [6.45, 7) is 0. The van der Waals surface area contributed by atoms with E-state index in [2.05, 4.69) is 10.2 Å². The fourth-order valence-electron chi connectivity index (χ4n) is 1.71. The average molecular weight is 259 g/mol. The Labute approximate surface area is 107 Å². The van der Waals surface area contributed by atoms with Crippen LogP contribution in [0, 0.1) is 0 Å². The number of hydrogen-bond acceptors (Lipinski definition) is 4. The Morgan fingerprint density at radius 2 is 2.11 bits per heavy atom. The van der Waals surface area contributed by atoms with Crippen LogP contribution in [0.25, 0.3) is 11.0 Å². The number of benzene rings is 1. The number of rotatable bonds is 2. The third-order valence-corrected chi connectivity index (χ3v) is 2.86. The van der Waals surface area contributed by atoms with E-state index in [0.717, 1.165) is 5.39 Å². The summed E-state index contributed by atoms with van der Waals surface area (Å²) in [5.74, 6) is 0.00302. The van der Waals surface area contributed by atoms with Gasteiger partial charge in [0.1, 0.15) is 0 Å². The standard InChI is InChI=1S/C13H7ClN2O2/c14-10-3-1-2-8-6-11(18-13(8)10)12(17)9-4-5-15-16-7-9/h1-7H. The average Bonchev–Trinajstić information content (AvgIpc) is 2.84. The van der Waals surface area contributed by atoms with E-state index < -0.39 is 0 Å². The molecule has 0 aliphatic carbocycles. The largest absolute Gasteiger partial charge is 0.451 e. The van der Waals surface area contributed by atoms with Gasteiger partial charge in [0.2, 0.25) is 5.78 Å². The van der Waals surface area contributed by atoms with E-state index >= 15 is 0 Å². The molecule has 2 heterocycles. The molecular formula is C13H7ClN2O2. The van der Waals surface area contributed by atoms with E-state index in [1.54, 1.807) is 18.2 Å². The van der Waals surface area contributed by atoms with E-state index in [1.807, 2.05) is 12.1 Å². The molecule has 0 unspecified atom stereocenters. The van der Waals surface area contributed by atoms with E-state index in [9.17, 15) is 4.79 Å². The molecule has 0 saturated carbocycles. The second-order valence-corrected chi connectivity index (χ2v) is 4.14.